The largest absolute Gasteiger partial charge is 0.338 e. The van der Waals surface area contributed by atoms with E-state index in [9.17, 15) is 4.79 Å². The third-order valence-corrected chi connectivity index (χ3v) is 5.52. The first kappa shape index (κ1) is 16.6. The summed E-state index contributed by atoms with van der Waals surface area (Å²) >= 11 is 6.04. The zero-order valence-electron chi connectivity index (χ0n) is 14.3. The molecule has 0 N–H and O–H groups in total. The van der Waals surface area contributed by atoms with E-state index in [1.807, 2.05) is 17.0 Å². The lowest BCUT2D eigenvalue weighted by atomic mass is 9.96. The van der Waals surface area contributed by atoms with Crippen LogP contribution >= 0.6 is 11.6 Å². The van der Waals surface area contributed by atoms with Gasteiger partial charge in [0.05, 0.1) is 0 Å². The Morgan fingerprint density at radius 1 is 1.12 bits per heavy atom. The molecule has 2 aromatic rings. The zero-order chi connectivity index (χ0) is 17.2. The Labute approximate surface area is 153 Å². The van der Waals surface area contributed by atoms with Crippen molar-refractivity contribution in [1.29, 1.82) is 0 Å². The minimum Gasteiger partial charge on any atom is -0.338 e. The highest BCUT2D eigenvalue weighted by Gasteiger charge is 2.29. The maximum atomic E-state index is 12.8. The van der Waals surface area contributed by atoms with Crippen molar-refractivity contribution in [2.75, 3.05) is 13.1 Å². The summed E-state index contributed by atoms with van der Waals surface area (Å²) in [5.74, 6) is 2.52. The average molecular weight is 359 g/mol. The summed E-state index contributed by atoms with van der Waals surface area (Å²) in [5, 5.41) is 9.52. The van der Waals surface area contributed by atoms with Crippen LogP contribution in [-0.2, 0) is 13.0 Å². The Hall–Kier alpha value is -1.88. The number of piperidine rings is 1. The lowest BCUT2D eigenvalue weighted by Crippen LogP contribution is -2.39. The van der Waals surface area contributed by atoms with Crippen LogP contribution < -0.4 is 0 Å². The molecule has 0 bridgehead atoms. The Bertz CT molecular complexity index is 773. The SMILES string of the molecule is O=C(c1cccc(Cl)c1)N1CCCC(c2nnc3n2CCCCC3)C1. The van der Waals surface area contributed by atoms with E-state index >= 15 is 0 Å². The molecule has 0 radical (unpaired) electrons. The van der Waals surface area contributed by atoms with E-state index in [4.69, 9.17) is 11.6 Å². The van der Waals surface area contributed by atoms with Crippen molar-refractivity contribution in [2.24, 2.45) is 0 Å². The first-order valence-electron chi connectivity index (χ1n) is 9.19. The second kappa shape index (κ2) is 7.16. The Morgan fingerprint density at radius 2 is 2.04 bits per heavy atom. The minimum absolute atomic E-state index is 0.0582. The molecule has 4 rings (SSSR count). The summed E-state index contributed by atoms with van der Waals surface area (Å²) in [6.07, 6.45) is 6.73. The summed E-state index contributed by atoms with van der Waals surface area (Å²) in [4.78, 5) is 14.8. The Kier molecular flexibility index (Phi) is 4.75. The van der Waals surface area contributed by atoms with Crippen molar-refractivity contribution >= 4 is 17.5 Å². The number of hydrogen-bond acceptors (Lipinski definition) is 3. The average Bonchev–Trinajstić information content (AvgIpc) is 2.90. The van der Waals surface area contributed by atoms with Crippen LogP contribution in [0.5, 0.6) is 0 Å². The number of carbonyl (C=O) groups is 1. The number of fused-ring (bicyclic) bond motifs is 1. The minimum atomic E-state index is 0.0582. The first-order chi connectivity index (χ1) is 12.2. The van der Waals surface area contributed by atoms with Crippen molar-refractivity contribution in [3.05, 3.63) is 46.5 Å². The van der Waals surface area contributed by atoms with E-state index in [2.05, 4.69) is 14.8 Å². The van der Waals surface area contributed by atoms with Gasteiger partial charge in [0.1, 0.15) is 11.6 Å². The molecule has 6 heteroatoms. The van der Waals surface area contributed by atoms with Gasteiger partial charge in [-0.05, 0) is 43.9 Å². The molecule has 1 fully saturated rings. The highest BCUT2D eigenvalue weighted by Crippen LogP contribution is 2.29. The number of amides is 1. The number of hydrogen-bond donors (Lipinski definition) is 0. The van der Waals surface area contributed by atoms with Crippen LogP contribution in [0.4, 0.5) is 0 Å². The topological polar surface area (TPSA) is 51.0 Å². The summed E-state index contributed by atoms with van der Waals surface area (Å²) in [7, 11) is 0. The monoisotopic (exact) mass is 358 g/mol. The molecule has 0 aliphatic carbocycles. The van der Waals surface area contributed by atoms with Gasteiger partial charge in [-0.15, -0.1) is 10.2 Å². The van der Waals surface area contributed by atoms with Gasteiger partial charge in [0.15, 0.2) is 0 Å². The third kappa shape index (κ3) is 3.43. The van der Waals surface area contributed by atoms with Crippen LogP contribution in [0.2, 0.25) is 5.02 Å². The molecule has 1 saturated heterocycles. The standard InChI is InChI=1S/C19H23ClN4O/c20-16-8-4-6-14(12-16)19(25)23-10-5-7-15(13-23)18-22-21-17-9-2-1-3-11-24(17)18/h4,6,8,12,15H,1-3,5,7,9-11,13H2. The molecule has 0 saturated carbocycles. The van der Waals surface area contributed by atoms with Crippen LogP contribution in [0, 0.1) is 0 Å². The fourth-order valence-corrected chi connectivity index (χ4v) is 4.18. The summed E-state index contributed by atoms with van der Waals surface area (Å²) in [6, 6.07) is 7.20. The number of carbonyl (C=O) groups excluding carboxylic acids is 1. The lowest BCUT2D eigenvalue weighted by molar-refractivity contribution is 0.0703. The zero-order valence-corrected chi connectivity index (χ0v) is 15.1. The molecule has 132 valence electrons. The van der Waals surface area contributed by atoms with Gasteiger partial charge in [0.2, 0.25) is 0 Å². The van der Waals surface area contributed by atoms with Crippen molar-refractivity contribution in [1.82, 2.24) is 19.7 Å². The predicted molar refractivity (Wildman–Crippen MR) is 96.9 cm³/mol. The molecule has 1 amide bonds. The summed E-state index contributed by atoms with van der Waals surface area (Å²) < 4.78 is 2.31. The Morgan fingerprint density at radius 3 is 2.92 bits per heavy atom. The molecular weight excluding hydrogens is 336 g/mol. The molecule has 2 aliphatic rings. The number of rotatable bonds is 2. The second-order valence-corrected chi connectivity index (χ2v) is 7.47. The highest BCUT2D eigenvalue weighted by molar-refractivity contribution is 6.30. The molecule has 3 heterocycles. The van der Waals surface area contributed by atoms with E-state index in [0.717, 1.165) is 44.0 Å². The number of aromatic nitrogens is 3. The predicted octanol–water partition coefficient (Wildman–Crippen LogP) is 3.68. The van der Waals surface area contributed by atoms with Crippen molar-refractivity contribution in [3.8, 4) is 0 Å². The fourth-order valence-electron chi connectivity index (χ4n) is 3.99. The number of nitrogens with zero attached hydrogens (tertiary/aromatic N) is 4. The second-order valence-electron chi connectivity index (χ2n) is 7.04. The maximum absolute atomic E-state index is 12.8. The van der Waals surface area contributed by atoms with Crippen molar-refractivity contribution < 1.29 is 4.79 Å². The highest BCUT2D eigenvalue weighted by atomic mass is 35.5. The van der Waals surface area contributed by atoms with E-state index < -0.39 is 0 Å². The van der Waals surface area contributed by atoms with Gasteiger partial charge in [-0.3, -0.25) is 4.79 Å². The molecule has 1 aromatic carbocycles. The molecule has 1 atom stereocenters. The number of halogens is 1. The molecule has 2 aliphatic heterocycles. The quantitative estimate of drug-likeness (QED) is 0.822. The van der Waals surface area contributed by atoms with Crippen LogP contribution in [0.3, 0.4) is 0 Å². The molecule has 25 heavy (non-hydrogen) atoms. The third-order valence-electron chi connectivity index (χ3n) is 5.28. The number of aryl methyl sites for hydroxylation is 1. The van der Waals surface area contributed by atoms with Crippen LogP contribution in [0.25, 0.3) is 0 Å². The van der Waals surface area contributed by atoms with Crippen LogP contribution in [0.15, 0.2) is 24.3 Å². The number of likely N-dealkylation sites (tertiary alicyclic amines) is 1. The van der Waals surface area contributed by atoms with E-state index in [0.29, 0.717) is 17.1 Å². The molecule has 0 spiro atoms. The smallest absolute Gasteiger partial charge is 0.253 e. The molecular formula is C19H23ClN4O. The summed E-state index contributed by atoms with van der Waals surface area (Å²) in [6.45, 7) is 2.52. The normalized spacial score (nSPS) is 20.8. The molecule has 1 unspecified atom stereocenters. The first-order valence-corrected chi connectivity index (χ1v) is 9.57. The van der Waals surface area contributed by atoms with E-state index in [-0.39, 0.29) is 11.8 Å². The lowest BCUT2D eigenvalue weighted by Gasteiger charge is -2.32. The van der Waals surface area contributed by atoms with Gasteiger partial charge in [-0.1, -0.05) is 24.1 Å². The van der Waals surface area contributed by atoms with Crippen LogP contribution in [-0.4, -0.2) is 38.7 Å². The van der Waals surface area contributed by atoms with Gasteiger partial charge in [-0.2, -0.15) is 0 Å². The molecule has 1 aromatic heterocycles. The van der Waals surface area contributed by atoms with Gasteiger partial charge in [-0.25, -0.2) is 0 Å². The van der Waals surface area contributed by atoms with Gasteiger partial charge >= 0.3 is 0 Å². The van der Waals surface area contributed by atoms with Crippen LogP contribution in [0.1, 0.15) is 60.0 Å². The molecule has 5 nitrogen and oxygen atoms in total. The Balaban J connectivity index is 1.53. The van der Waals surface area contributed by atoms with E-state index in [1.54, 1.807) is 12.1 Å². The van der Waals surface area contributed by atoms with Crippen molar-refractivity contribution in [2.45, 2.75) is 51.0 Å². The number of benzene rings is 1. The summed E-state index contributed by atoms with van der Waals surface area (Å²) in [5.41, 5.74) is 0.660. The fraction of sp³-hybridized carbons (Fsp3) is 0.526. The van der Waals surface area contributed by atoms with E-state index in [1.165, 1.54) is 19.3 Å². The van der Waals surface area contributed by atoms with Gasteiger partial charge in [0, 0.05) is 42.6 Å². The van der Waals surface area contributed by atoms with Gasteiger partial charge in [0.25, 0.3) is 5.91 Å². The maximum Gasteiger partial charge on any atom is 0.253 e. The van der Waals surface area contributed by atoms with Crippen molar-refractivity contribution in [3.63, 3.8) is 0 Å². The van der Waals surface area contributed by atoms with Gasteiger partial charge < -0.3 is 9.47 Å².